The molecule has 2 aliphatic rings. The van der Waals surface area contributed by atoms with Gasteiger partial charge in [-0.05, 0) is 31.2 Å². The maximum Gasteiger partial charge on any atom is 0.459 e. The van der Waals surface area contributed by atoms with Crippen molar-refractivity contribution in [2.45, 2.75) is 43.0 Å². The molecular weight excluding hydrogens is 547 g/mol. The second-order valence-electron chi connectivity index (χ2n) is 9.30. The van der Waals surface area contributed by atoms with E-state index in [0.29, 0.717) is 5.52 Å². The molecule has 1 aromatic carbocycles. The van der Waals surface area contributed by atoms with Gasteiger partial charge in [0.1, 0.15) is 60.7 Å². The van der Waals surface area contributed by atoms with E-state index in [9.17, 15) is 24.8 Å². The fourth-order valence-electron chi connectivity index (χ4n) is 4.20. The number of hydrogen-bond donors (Lipinski definition) is 4. The number of aliphatic hydroxyl groups excluding tert-OH is 2. The number of nitrogens with two attached hydrogens (primary N) is 1. The molecule has 40 heavy (non-hydrogen) atoms. The summed E-state index contributed by atoms with van der Waals surface area (Å²) < 4.78 is 42.5. The Morgan fingerprint density at radius 2 is 2.08 bits per heavy atom. The molecule has 2 aromatic heterocycles. The van der Waals surface area contributed by atoms with Gasteiger partial charge in [0, 0.05) is 0 Å². The van der Waals surface area contributed by atoms with Crippen LogP contribution < -0.4 is 15.3 Å². The summed E-state index contributed by atoms with van der Waals surface area (Å²) in [6.45, 7) is 1.10. The van der Waals surface area contributed by atoms with Gasteiger partial charge in [-0.3, -0.25) is 9.32 Å². The van der Waals surface area contributed by atoms with Crippen LogP contribution in [0.25, 0.3) is 5.52 Å². The first-order valence-electron chi connectivity index (χ1n) is 12.2. The summed E-state index contributed by atoms with van der Waals surface area (Å²) in [4.78, 5) is 16.4. The van der Waals surface area contributed by atoms with E-state index in [0.717, 1.165) is 0 Å². The highest BCUT2D eigenvalue weighted by molar-refractivity contribution is 7.52. The van der Waals surface area contributed by atoms with Crippen LogP contribution in [0.3, 0.4) is 0 Å². The average molecular weight is 574 g/mol. The van der Waals surface area contributed by atoms with Gasteiger partial charge in [-0.15, -0.1) is 0 Å². The molecule has 2 saturated heterocycles. The van der Waals surface area contributed by atoms with E-state index in [-0.39, 0.29) is 30.5 Å². The Morgan fingerprint density at radius 3 is 2.75 bits per heavy atom. The summed E-state index contributed by atoms with van der Waals surface area (Å²) >= 11 is 0. The largest absolute Gasteiger partial charge is 0.459 e. The molecule has 0 spiro atoms. The molecule has 5 N–H and O–H groups in total. The Hall–Kier alpha value is -3.61. The Balaban J connectivity index is 1.37. The monoisotopic (exact) mass is 574 g/mol. The SMILES string of the molecule is C[C@H](NP(=O)(OC[C@@]1(C#N)O[C@@H](c2ccc3c(N)ncnn23)[C@H](O)[C@@H]1O)Oc1ccccc1)C(=O)OC1COC1. The van der Waals surface area contributed by atoms with Crippen LogP contribution in [-0.2, 0) is 28.1 Å². The number of aliphatic hydroxyl groups is 2. The van der Waals surface area contributed by atoms with Crippen LogP contribution in [-0.4, -0.2) is 80.6 Å². The van der Waals surface area contributed by atoms with Crippen molar-refractivity contribution in [1.29, 1.82) is 5.26 Å². The van der Waals surface area contributed by atoms with Crippen LogP contribution in [0, 0.1) is 11.3 Å². The first-order chi connectivity index (χ1) is 19.1. The summed E-state index contributed by atoms with van der Waals surface area (Å²) in [7, 11) is -4.41. The van der Waals surface area contributed by atoms with Gasteiger partial charge in [0.15, 0.2) is 5.82 Å². The average Bonchev–Trinajstić information content (AvgIpc) is 3.46. The molecule has 16 heteroatoms. The second kappa shape index (κ2) is 11.1. The maximum atomic E-state index is 13.9. The lowest BCUT2D eigenvalue weighted by Crippen LogP contribution is -2.47. The minimum absolute atomic E-state index is 0.139. The van der Waals surface area contributed by atoms with Crippen molar-refractivity contribution in [3.8, 4) is 11.8 Å². The molecule has 2 aliphatic heterocycles. The third-order valence-electron chi connectivity index (χ3n) is 6.45. The van der Waals surface area contributed by atoms with Crippen molar-refractivity contribution >= 4 is 25.1 Å². The number of fused-ring (bicyclic) bond motifs is 1. The predicted molar refractivity (Wildman–Crippen MR) is 136 cm³/mol. The van der Waals surface area contributed by atoms with Gasteiger partial charge in [-0.1, -0.05) is 18.2 Å². The zero-order valence-corrected chi connectivity index (χ0v) is 22.1. The number of aromatic nitrogens is 3. The van der Waals surface area contributed by atoms with E-state index >= 15 is 0 Å². The van der Waals surface area contributed by atoms with Crippen LogP contribution in [0.1, 0.15) is 18.7 Å². The number of carbonyl (C=O) groups excluding carboxylic acids is 1. The first-order valence-corrected chi connectivity index (χ1v) is 13.8. The van der Waals surface area contributed by atoms with E-state index < -0.39 is 56.4 Å². The summed E-state index contributed by atoms with van der Waals surface area (Å²) in [6.07, 6.45) is -3.84. The Bertz CT molecular complexity index is 1460. The lowest BCUT2D eigenvalue weighted by atomic mass is 9.96. The first kappa shape index (κ1) is 27.9. The molecule has 0 aliphatic carbocycles. The Labute approximate surface area is 228 Å². The summed E-state index contributed by atoms with van der Waals surface area (Å²) in [6, 6.07) is 11.8. The number of nitriles is 1. The number of hydrogen-bond acceptors (Lipinski definition) is 13. The molecule has 0 bridgehead atoms. The van der Waals surface area contributed by atoms with Crippen molar-refractivity contribution in [2.24, 2.45) is 0 Å². The third-order valence-corrected chi connectivity index (χ3v) is 8.08. The van der Waals surface area contributed by atoms with Gasteiger partial charge in [0.25, 0.3) is 0 Å². The van der Waals surface area contributed by atoms with Gasteiger partial charge >= 0.3 is 13.7 Å². The molecule has 212 valence electrons. The van der Waals surface area contributed by atoms with Crippen LogP contribution in [0.5, 0.6) is 5.75 Å². The number of carbonyl (C=O) groups is 1. The smallest absolute Gasteiger partial charge is 0.456 e. The van der Waals surface area contributed by atoms with E-state index in [1.165, 1.54) is 29.9 Å². The molecule has 6 atom stereocenters. The third kappa shape index (κ3) is 5.38. The number of nitrogen functional groups attached to an aromatic ring is 1. The molecule has 1 unspecified atom stereocenters. The number of esters is 1. The normalized spacial score (nSPS) is 26.9. The fourth-order valence-corrected chi connectivity index (χ4v) is 5.73. The number of rotatable bonds is 10. The molecular formula is C24H27N6O9P. The van der Waals surface area contributed by atoms with Crippen molar-refractivity contribution in [1.82, 2.24) is 19.7 Å². The van der Waals surface area contributed by atoms with Gasteiger partial charge in [0.05, 0.1) is 18.9 Å². The summed E-state index contributed by atoms with van der Waals surface area (Å²) in [5.41, 5.74) is 4.40. The van der Waals surface area contributed by atoms with Crippen LogP contribution >= 0.6 is 7.75 Å². The van der Waals surface area contributed by atoms with E-state index in [1.807, 2.05) is 6.07 Å². The number of anilines is 1. The zero-order chi connectivity index (χ0) is 28.5. The number of para-hydroxylation sites is 1. The summed E-state index contributed by atoms with van der Waals surface area (Å²) in [5, 5.41) is 38.4. The van der Waals surface area contributed by atoms with Gasteiger partial charge in [-0.2, -0.15) is 15.4 Å². The quantitative estimate of drug-likeness (QED) is 0.192. The molecule has 0 saturated carbocycles. The van der Waals surface area contributed by atoms with E-state index in [4.69, 9.17) is 29.0 Å². The maximum absolute atomic E-state index is 13.9. The van der Waals surface area contributed by atoms with Crippen LogP contribution in [0.2, 0.25) is 0 Å². The highest BCUT2D eigenvalue weighted by Crippen LogP contribution is 2.48. The summed E-state index contributed by atoms with van der Waals surface area (Å²) in [5.74, 6) is -0.412. The number of ether oxygens (including phenoxy) is 3. The second-order valence-corrected chi connectivity index (χ2v) is 11.0. The molecule has 5 rings (SSSR count). The van der Waals surface area contributed by atoms with Gasteiger partial charge < -0.3 is 34.7 Å². The number of nitrogens with one attached hydrogen (secondary N) is 1. The van der Waals surface area contributed by atoms with Gasteiger partial charge in [-0.25, -0.2) is 14.1 Å². The lowest BCUT2D eigenvalue weighted by molar-refractivity contribution is -0.173. The zero-order valence-electron chi connectivity index (χ0n) is 21.2. The highest BCUT2D eigenvalue weighted by Gasteiger charge is 2.57. The minimum atomic E-state index is -4.41. The minimum Gasteiger partial charge on any atom is -0.456 e. The molecule has 15 nitrogen and oxygen atoms in total. The lowest BCUT2D eigenvalue weighted by Gasteiger charge is -2.30. The molecule has 4 heterocycles. The molecule has 2 fully saturated rings. The molecule has 0 radical (unpaired) electrons. The molecule has 0 amide bonds. The Kier molecular flexibility index (Phi) is 7.76. The van der Waals surface area contributed by atoms with Gasteiger partial charge in [0.2, 0.25) is 5.60 Å². The van der Waals surface area contributed by atoms with Crippen molar-refractivity contribution < 1.29 is 42.8 Å². The van der Waals surface area contributed by atoms with Crippen molar-refractivity contribution in [3.63, 3.8) is 0 Å². The van der Waals surface area contributed by atoms with Crippen LogP contribution in [0.4, 0.5) is 5.82 Å². The Morgan fingerprint density at radius 1 is 1.32 bits per heavy atom. The molecule has 3 aromatic rings. The van der Waals surface area contributed by atoms with E-state index in [1.54, 1.807) is 30.3 Å². The van der Waals surface area contributed by atoms with Crippen molar-refractivity contribution in [2.75, 3.05) is 25.6 Å². The number of benzene rings is 1. The van der Waals surface area contributed by atoms with Crippen LogP contribution in [0.15, 0.2) is 48.8 Å². The predicted octanol–water partition coefficient (Wildman–Crippen LogP) is 0.491. The number of nitrogens with zero attached hydrogens (tertiary/aromatic N) is 4. The van der Waals surface area contributed by atoms with E-state index in [2.05, 4.69) is 15.2 Å². The fraction of sp³-hybridized carbons (Fsp3) is 0.417. The standard InChI is InChI=1S/C24H27N6O9P/c1-14(23(33)37-16-9-35-10-16)29-40(34,39-15-5-3-2-4-6-15)36-12-24(11-25)21(32)19(31)20(38-24)17-7-8-18-22(26)27-13-28-30(17)18/h2-8,13-14,16,19-21,31-32H,9-10,12H2,1H3,(H,29,34)(H2,26,27,28)/t14-,19-,20-,21-,24+,40?/m0/s1. The topological polar surface area (TPSA) is 213 Å². The van der Waals surface area contributed by atoms with Crippen molar-refractivity contribution in [3.05, 3.63) is 54.5 Å². The highest BCUT2D eigenvalue weighted by atomic mass is 31.2.